The van der Waals surface area contributed by atoms with E-state index >= 15 is 0 Å². The number of carbonyl (C=O) groups excluding carboxylic acids is 1. The van der Waals surface area contributed by atoms with Crippen molar-refractivity contribution < 1.29 is 19.4 Å². The van der Waals surface area contributed by atoms with Gasteiger partial charge in [0.1, 0.15) is 13.2 Å². The van der Waals surface area contributed by atoms with E-state index < -0.39 is 5.60 Å². The second kappa shape index (κ2) is 4.71. The minimum atomic E-state index is -0.905. The molecule has 1 amide bonds. The maximum absolute atomic E-state index is 11.8. The highest BCUT2D eigenvalue weighted by Gasteiger charge is 2.36. The first-order valence-corrected chi connectivity index (χ1v) is 6.27. The Bertz CT molecular complexity index is 499. The molecule has 0 bridgehead atoms. The summed E-state index contributed by atoms with van der Waals surface area (Å²) in [5.74, 6) is 1.11. The fourth-order valence-corrected chi connectivity index (χ4v) is 2.16. The number of fused-ring (bicyclic) bond motifs is 1. The zero-order valence-corrected chi connectivity index (χ0v) is 10.4. The Kier molecular flexibility index (Phi) is 3.04. The van der Waals surface area contributed by atoms with Crippen LogP contribution in [-0.2, 0) is 4.79 Å². The van der Waals surface area contributed by atoms with E-state index in [4.69, 9.17) is 9.47 Å². The van der Waals surface area contributed by atoms with Gasteiger partial charge in [-0.3, -0.25) is 4.79 Å². The van der Waals surface area contributed by atoms with Crippen LogP contribution in [-0.4, -0.2) is 42.9 Å². The molecule has 2 aliphatic heterocycles. The number of anilines is 1. The minimum absolute atomic E-state index is 0.0917. The Morgan fingerprint density at radius 2 is 2.05 bits per heavy atom. The summed E-state index contributed by atoms with van der Waals surface area (Å²) in [5.41, 5.74) is -0.261. The Labute approximate surface area is 110 Å². The van der Waals surface area contributed by atoms with Crippen LogP contribution in [0.15, 0.2) is 18.2 Å². The largest absolute Gasteiger partial charge is 0.486 e. The van der Waals surface area contributed by atoms with E-state index in [1.165, 1.54) is 0 Å². The molecule has 0 aliphatic carbocycles. The fraction of sp³-hybridized carbons (Fsp3) is 0.462. The first-order valence-electron chi connectivity index (χ1n) is 6.27. The van der Waals surface area contributed by atoms with Crippen LogP contribution in [0, 0.1) is 0 Å². The molecule has 1 aromatic rings. The highest BCUT2D eigenvalue weighted by Crippen LogP contribution is 2.32. The van der Waals surface area contributed by atoms with Gasteiger partial charge in [-0.05, 0) is 12.1 Å². The van der Waals surface area contributed by atoms with Crippen molar-refractivity contribution in [2.24, 2.45) is 0 Å². The Balaban J connectivity index is 1.64. The van der Waals surface area contributed by atoms with Gasteiger partial charge in [-0.15, -0.1) is 0 Å². The molecule has 1 aromatic carbocycles. The molecular formula is C13H16N2O4. The van der Waals surface area contributed by atoms with Crippen LogP contribution in [0.2, 0.25) is 0 Å². The monoisotopic (exact) mass is 264 g/mol. The van der Waals surface area contributed by atoms with Gasteiger partial charge in [0.25, 0.3) is 0 Å². The van der Waals surface area contributed by atoms with Gasteiger partial charge in [-0.25, -0.2) is 0 Å². The number of benzene rings is 1. The van der Waals surface area contributed by atoms with Crippen molar-refractivity contribution in [2.75, 3.05) is 31.6 Å². The number of rotatable bonds is 3. The SMILES string of the molecule is O=C(CC1(O)CNC1)Nc1ccc2c(c1)OCCO2. The van der Waals surface area contributed by atoms with Crippen LogP contribution in [0.1, 0.15) is 6.42 Å². The van der Waals surface area contributed by atoms with Gasteiger partial charge >= 0.3 is 0 Å². The summed E-state index contributed by atoms with van der Waals surface area (Å²) in [4.78, 5) is 11.8. The van der Waals surface area contributed by atoms with Crippen molar-refractivity contribution in [2.45, 2.75) is 12.0 Å². The van der Waals surface area contributed by atoms with Crippen molar-refractivity contribution >= 4 is 11.6 Å². The summed E-state index contributed by atoms with van der Waals surface area (Å²) in [6.45, 7) is 1.97. The van der Waals surface area contributed by atoms with Crippen molar-refractivity contribution in [3.63, 3.8) is 0 Å². The second-order valence-corrected chi connectivity index (χ2v) is 4.91. The summed E-state index contributed by atoms with van der Waals surface area (Å²) in [5, 5.41) is 15.6. The lowest BCUT2D eigenvalue weighted by atomic mass is 9.93. The number of amides is 1. The molecule has 19 heavy (non-hydrogen) atoms. The molecule has 2 heterocycles. The fourth-order valence-electron chi connectivity index (χ4n) is 2.16. The first kappa shape index (κ1) is 12.3. The number of hydrogen-bond acceptors (Lipinski definition) is 5. The molecule has 6 heteroatoms. The van der Waals surface area contributed by atoms with Crippen LogP contribution in [0.4, 0.5) is 5.69 Å². The third-order valence-corrected chi connectivity index (χ3v) is 3.22. The highest BCUT2D eigenvalue weighted by molar-refractivity contribution is 5.91. The Morgan fingerprint density at radius 1 is 1.32 bits per heavy atom. The van der Waals surface area contributed by atoms with Gasteiger partial charge < -0.3 is 25.2 Å². The van der Waals surface area contributed by atoms with Gasteiger partial charge in [-0.1, -0.05) is 0 Å². The molecule has 1 fully saturated rings. The van der Waals surface area contributed by atoms with E-state index in [1.807, 2.05) is 0 Å². The number of nitrogens with one attached hydrogen (secondary N) is 2. The highest BCUT2D eigenvalue weighted by atomic mass is 16.6. The van der Waals surface area contributed by atoms with E-state index in [2.05, 4.69) is 10.6 Å². The van der Waals surface area contributed by atoms with Crippen LogP contribution in [0.5, 0.6) is 11.5 Å². The minimum Gasteiger partial charge on any atom is -0.486 e. The first-order chi connectivity index (χ1) is 9.15. The average molecular weight is 264 g/mol. The molecule has 0 radical (unpaired) electrons. The van der Waals surface area contributed by atoms with Crippen LogP contribution in [0.25, 0.3) is 0 Å². The predicted octanol–water partition coefficient (Wildman–Crippen LogP) is 0.121. The summed E-state index contributed by atoms with van der Waals surface area (Å²) in [6.07, 6.45) is 0.0917. The predicted molar refractivity (Wildman–Crippen MR) is 68.5 cm³/mol. The quantitative estimate of drug-likeness (QED) is 0.722. The molecule has 0 atom stereocenters. The molecule has 0 spiro atoms. The molecular weight excluding hydrogens is 248 g/mol. The van der Waals surface area contributed by atoms with Crippen LogP contribution < -0.4 is 20.1 Å². The summed E-state index contributed by atoms with van der Waals surface area (Å²) in [7, 11) is 0. The molecule has 3 N–H and O–H groups in total. The van der Waals surface area contributed by atoms with Crippen molar-refractivity contribution in [1.29, 1.82) is 0 Å². The topological polar surface area (TPSA) is 79.8 Å². The third kappa shape index (κ3) is 2.64. The summed E-state index contributed by atoms with van der Waals surface area (Å²) < 4.78 is 10.8. The van der Waals surface area contributed by atoms with E-state index in [9.17, 15) is 9.90 Å². The Hall–Kier alpha value is -1.79. The zero-order valence-electron chi connectivity index (χ0n) is 10.4. The second-order valence-electron chi connectivity index (χ2n) is 4.91. The molecule has 1 saturated heterocycles. The molecule has 102 valence electrons. The summed E-state index contributed by atoms with van der Waals surface area (Å²) >= 11 is 0. The molecule has 0 saturated carbocycles. The molecule has 2 aliphatic rings. The van der Waals surface area contributed by atoms with Crippen molar-refractivity contribution in [3.05, 3.63) is 18.2 Å². The maximum atomic E-state index is 11.8. The zero-order chi connectivity index (χ0) is 13.3. The maximum Gasteiger partial charge on any atom is 0.227 e. The number of aliphatic hydroxyl groups is 1. The smallest absolute Gasteiger partial charge is 0.227 e. The van der Waals surface area contributed by atoms with E-state index in [0.717, 1.165) is 0 Å². The van der Waals surface area contributed by atoms with E-state index in [-0.39, 0.29) is 12.3 Å². The number of ether oxygens (including phenoxy) is 2. The standard InChI is InChI=1S/C13H16N2O4/c16-12(6-13(17)7-14-8-13)15-9-1-2-10-11(5-9)19-4-3-18-10/h1-2,5,14,17H,3-4,6-8H2,(H,15,16). The van der Waals surface area contributed by atoms with Crippen molar-refractivity contribution in [1.82, 2.24) is 5.32 Å². The number of β-amino-alcohol motifs (C(OH)–C–C–N with tert-alkyl or cyclic N) is 1. The molecule has 0 unspecified atom stereocenters. The molecule has 3 rings (SSSR count). The van der Waals surface area contributed by atoms with Crippen LogP contribution in [0.3, 0.4) is 0 Å². The van der Waals surface area contributed by atoms with Gasteiger partial charge in [0.15, 0.2) is 11.5 Å². The van der Waals surface area contributed by atoms with Gasteiger partial charge in [0, 0.05) is 24.8 Å². The van der Waals surface area contributed by atoms with Crippen molar-refractivity contribution in [3.8, 4) is 11.5 Å². The van der Waals surface area contributed by atoms with Gasteiger partial charge in [0.2, 0.25) is 5.91 Å². The normalized spacial score (nSPS) is 19.4. The third-order valence-electron chi connectivity index (χ3n) is 3.22. The number of hydrogen-bond donors (Lipinski definition) is 3. The van der Waals surface area contributed by atoms with E-state index in [0.29, 0.717) is 43.5 Å². The average Bonchev–Trinajstić information content (AvgIpc) is 2.36. The van der Waals surface area contributed by atoms with Gasteiger partial charge in [0.05, 0.1) is 12.0 Å². The lowest BCUT2D eigenvalue weighted by Crippen LogP contribution is -2.60. The van der Waals surface area contributed by atoms with Gasteiger partial charge in [-0.2, -0.15) is 0 Å². The summed E-state index contributed by atoms with van der Waals surface area (Å²) in [6, 6.07) is 5.26. The van der Waals surface area contributed by atoms with Crippen LogP contribution >= 0.6 is 0 Å². The lowest BCUT2D eigenvalue weighted by Gasteiger charge is -2.36. The molecule has 6 nitrogen and oxygen atoms in total. The molecule has 0 aromatic heterocycles. The Morgan fingerprint density at radius 3 is 2.74 bits per heavy atom. The lowest BCUT2D eigenvalue weighted by molar-refractivity contribution is -0.123. The number of carbonyl (C=O) groups is 1. The van der Waals surface area contributed by atoms with E-state index in [1.54, 1.807) is 18.2 Å².